The van der Waals surface area contributed by atoms with E-state index in [1.807, 2.05) is 0 Å². The number of hydrogen-bond acceptors (Lipinski definition) is 5. The maximum atomic E-state index is 13.9. The Morgan fingerprint density at radius 3 is 2.24 bits per heavy atom. The third-order valence-electron chi connectivity index (χ3n) is 3.48. The van der Waals surface area contributed by atoms with Gasteiger partial charge in [-0.05, 0) is 40.9 Å². The molecule has 0 bridgehead atoms. The summed E-state index contributed by atoms with van der Waals surface area (Å²) in [6.45, 7) is 3.57. The normalized spacial score (nSPS) is 15.4. The lowest BCUT2D eigenvalue weighted by Crippen LogP contribution is -2.43. The lowest BCUT2D eigenvalue weighted by Gasteiger charge is -2.23. The number of nitrogens with zero attached hydrogens (tertiary/aromatic N) is 1. The highest BCUT2D eigenvalue weighted by Gasteiger charge is 2.54. The zero-order valence-corrected chi connectivity index (χ0v) is 13.3. The van der Waals surface area contributed by atoms with Crippen LogP contribution in [-0.2, 0) is 31.9 Å². The number of hydrogen-bond donors (Lipinski definition) is 0. The zero-order chi connectivity index (χ0) is 15.6. The minimum absolute atomic E-state index is 0.0192. The molecule has 1 aromatic rings. The van der Waals surface area contributed by atoms with Crippen molar-refractivity contribution in [1.82, 2.24) is 4.98 Å². The molecule has 0 fully saturated rings. The minimum atomic E-state index is -1.53. The van der Waals surface area contributed by atoms with Crippen molar-refractivity contribution in [3.8, 4) is 0 Å². The number of rotatable bonds is 4. The Balaban J connectivity index is 2.46. The summed E-state index contributed by atoms with van der Waals surface area (Å²) in [5, 5.41) is 0. The first-order chi connectivity index (χ1) is 9.96. The van der Waals surface area contributed by atoms with Crippen LogP contribution in [0.5, 0.6) is 0 Å². The van der Waals surface area contributed by atoms with Crippen molar-refractivity contribution in [2.75, 3.05) is 13.2 Å². The highest BCUT2D eigenvalue weighted by atomic mass is 79.9. The summed E-state index contributed by atoms with van der Waals surface area (Å²) in [5.74, 6) is -1.92. The molecule has 2 rings (SSSR count). The molecule has 1 aromatic heterocycles. The van der Waals surface area contributed by atoms with Crippen molar-refractivity contribution in [2.24, 2.45) is 5.41 Å². The quantitative estimate of drug-likeness (QED) is 0.468. The highest BCUT2D eigenvalue weighted by molar-refractivity contribution is 9.10. The van der Waals surface area contributed by atoms with Crippen molar-refractivity contribution in [2.45, 2.75) is 26.7 Å². The summed E-state index contributed by atoms with van der Waals surface area (Å²) >= 11 is 3.23. The second-order valence-corrected chi connectivity index (χ2v) is 5.48. The summed E-state index contributed by atoms with van der Waals surface area (Å²) in [5.41, 5.74) is -0.713. The van der Waals surface area contributed by atoms with E-state index in [4.69, 9.17) is 9.47 Å². The van der Waals surface area contributed by atoms with Crippen LogP contribution in [0.3, 0.4) is 0 Å². The molecule has 0 spiro atoms. The van der Waals surface area contributed by atoms with Crippen LogP contribution in [0.15, 0.2) is 10.8 Å². The fourth-order valence-corrected chi connectivity index (χ4v) is 2.97. The fraction of sp³-hybridized carbons (Fsp3) is 0.500. The predicted octanol–water partition coefficient (Wildman–Crippen LogP) is 2.19. The molecule has 1 aliphatic carbocycles. The second-order valence-electron chi connectivity index (χ2n) is 4.73. The third-order valence-corrected chi connectivity index (χ3v) is 4.17. The van der Waals surface area contributed by atoms with Crippen LogP contribution in [0, 0.1) is 11.2 Å². The van der Waals surface area contributed by atoms with Gasteiger partial charge in [-0.3, -0.25) is 9.59 Å². The number of carbonyl (C=O) groups is 2. The van der Waals surface area contributed by atoms with Crippen LogP contribution in [0.4, 0.5) is 4.39 Å². The molecule has 0 aromatic carbocycles. The van der Waals surface area contributed by atoms with E-state index in [1.165, 1.54) is 0 Å². The lowest BCUT2D eigenvalue weighted by molar-refractivity contribution is -0.171. The van der Waals surface area contributed by atoms with Gasteiger partial charge in [0.2, 0.25) is 0 Å². The van der Waals surface area contributed by atoms with Crippen LogP contribution in [0.25, 0.3) is 0 Å². The smallest absolute Gasteiger partial charge is 0.324 e. The second kappa shape index (κ2) is 6.09. The van der Waals surface area contributed by atoms with E-state index in [-0.39, 0.29) is 26.1 Å². The maximum absolute atomic E-state index is 13.9. The molecule has 0 radical (unpaired) electrons. The summed E-state index contributed by atoms with van der Waals surface area (Å²) < 4.78 is 24.4. The lowest BCUT2D eigenvalue weighted by atomic mass is 9.84. The van der Waals surface area contributed by atoms with Gasteiger partial charge in [-0.2, -0.15) is 0 Å². The number of halogens is 2. The van der Waals surface area contributed by atoms with E-state index in [2.05, 4.69) is 20.9 Å². The molecule has 0 N–H and O–H groups in total. The Hall–Kier alpha value is -1.50. The standard InChI is InChI=1S/C14H15BrFNO4/c1-3-20-12(18)14(13(19)21-4-2)5-8-9(6-14)11(15)17-7-10(8)16/h7H,3-6H2,1-2H3. The van der Waals surface area contributed by atoms with Gasteiger partial charge >= 0.3 is 11.9 Å². The van der Waals surface area contributed by atoms with E-state index in [0.29, 0.717) is 15.7 Å². The van der Waals surface area contributed by atoms with Crippen LogP contribution < -0.4 is 0 Å². The molecule has 114 valence electrons. The van der Waals surface area contributed by atoms with E-state index in [9.17, 15) is 14.0 Å². The monoisotopic (exact) mass is 359 g/mol. The predicted molar refractivity (Wildman–Crippen MR) is 75.0 cm³/mol. The van der Waals surface area contributed by atoms with E-state index < -0.39 is 23.2 Å². The molecule has 0 saturated heterocycles. The van der Waals surface area contributed by atoms with Crippen molar-refractivity contribution in [1.29, 1.82) is 0 Å². The molecule has 21 heavy (non-hydrogen) atoms. The van der Waals surface area contributed by atoms with Crippen LogP contribution >= 0.6 is 15.9 Å². The zero-order valence-electron chi connectivity index (χ0n) is 11.7. The van der Waals surface area contributed by atoms with Gasteiger partial charge in [0.05, 0.1) is 19.4 Å². The number of esters is 2. The van der Waals surface area contributed by atoms with Gasteiger partial charge in [-0.25, -0.2) is 9.37 Å². The van der Waals surface area contributed by atoms with Crippen molar-refractivity contribution in [3.05, 3.63) is 27.7 Å². The van der Waals surface area contributed by atoms with Gasteiger partial charge in [0.1, 0.15) is 10.4 Å². The number of fused-ring (bicyclic) bond motifs is 1. The molecule has 7 heteroatoms. The van der Waals surface area contributed by atoms with Gasteiger partial charge < -0.3 is 9.47 Å². The molecular formula is C14H15BrFNO4. The van der Waals surface area contributed by atoms with Crippen LogP contribution in [0.1, 0.15) is 25.0 Å². The summed E-state index contributed by atoms with van der Waals surface area (Å²) in [6.07, 6.45) is 1.01. The van der Waals surface area contributed by atoms with Gasteiger partial charge in [0.25, 0.3) is 0 Å². The van der Waals surface area contributed by atoms with Crippen molar-refractivity contribution in [3.63, 3.8) is 0 Å². The van der Waals surface area contributed by atoms with Gasteiger partial charge in [0.15, 0.2) is 5.41 Å². The topological polar surface area (TPSA) is 65.5 Å². The van der Waals surface area contributed by atoms with Crippen molar-refractivity contribution >= 4 is 27.9 Å². The molecule has 0 atom stereocenters. The van der Waals surface area contributed by atoms with E-state index in [0.717, 1.165) is 6.20 Å². The highest BCUT2D eigenvalue weighted by Crippen LogP contribution is 2.42. The van der Waals surface area contributed by atoms with Crippen LogP contribution in [0.2, 0.25) is 0 Å². The first-order valence-corrected chi connectivity index (χ1v) is 7.41. The van der Waals surface area contributed by atoms with Gasteiger partial charge in [0, 0.05) is 12.8 Å². The molecule has 5 nitrogen and oxygen atoms in total. The minimum Gasteiger partial charge on any atom is -0.465 e. The molecule has 0 unspecified atom stereocenters. The Morgan fingerprint density at radius 2 is 1.76 bits per heavy atom. The number of pyridine rings is 1. The van der Waals surface area contributed by atoms with E-state index >= 15 is 0 Å². The first kappa shape index (κ1) is 15.9. The molecule has 1 aliphatic rings. The average Bonchev–Trinajstić information content (AvgIpc) is 2.87. The molecule has 0 amide bonds. The average molecular weight is 360 g/mol. The largest absolute Gasteiger partial charge is 0.465 e. The summed E-state index contributed by atoms with van der Waals surface area (Å²) in [4.78, 5) is 28.5. The van der Waals surface area contributed by atoms with Crippen molar-refractivity contribution < 1.29 is 23.5 Å². The Morgan fingerprint density at radius 1 is 1.24 bits per heavy atom. The first-order valence-electron chi connectivity index (χ1n) is 6.62. The van der Waals surface area contributed by atoms with E-state index in [1.54, 1.807) is 13.8 Å². The molecule has 0 aliphatic heterocycles. The third kappa shape index (κ3) is 2.66. The molecule has 1 heterocycles. The van der Waals surface area contributed by atoms with Gasteiger partial charge in [-0.15, -0.1) is 0 Å². The molecule has 0 saturated carbocycles. The number of carbonyl (C=O) groups excluding carboxylic acids is 2. The molecular weight excluding hydrogens is 345 g/mol. The SMILES string of the molecule is CCOC(=O)C1(C(=O)OCC)Cc2c(F)cnc(Br)c2C1. The maximum Gasteiger partial charge on any atom is 0.324 e. The number of aromatic nitrogens is 1. The van der Waals surface area contributed by atoms with Crippen LogP contribution in [-0.4, -0.2) is 30.1 Å². The van der Waals surface area contributed by atoms with Gasteiger partial charge in [-0.1, -0.05) is 0 Å². The summed E-state index contributed by atoms with van der Waals surface area (Å²) in [7, 11) is 0. The Labute approximate surface area is 130 Å². The fourth-order valence-electron chi connectivity index (χ4n) is 2.49. The Kier molecular flexibility index (Phi) is 4.61. The Bertz CT molecular complexity index is 540. The summed E-state index contributed by atoms with van der Waals surface area (Å²) in [6, 6.07) is 0. The number of ether oxygens (including phenoxy) is 2.